The Kier molecular flexibility index (Phi) is 3.85. The second kappa shape index (κ2) is 5.39. The Morgan fingerprint density at radius 3 is 2.38 bits per heavy atom. The maximum atomic E-state index is 13.2. The normalized spacial score (nSPS) is 55.4. The summed E-state index contributed by atoms with van der Waals surface area (Å²) in [6.45, 7) is 7.69. The summed E-state index contributed by atoms with van der Waals surface area (Å²) in [6, 6.07) is 0. The molecule has 0 aromatic heterocycles. The number of aliphatic hydroxyl groups is 5. The van der Waals surface area contributed by atoms with Crippen molar-refractivity contribution in [1.29, 1.82) is 0 Å². The Labute approximate surface area is 153 Å². The molecule has 9 atom stereocenters. The van der Waals surface area contributed by atoms with Crippen LogP contribution in [0.4, 0.5) is 0 Å². The first-order valence-corrected chi connectivity index (χ1v) is 9.64. The van der Waals surface area contributed by atoms with Gasteiger partial charge < -0.3 is 25.5 Å². The Morgan fingerprint density at radius 2 is 1.77 bits per heavy atom. The SMILES string of the molecule is C=C1C(=O)C23C(O)CC4C(C)(C)CCCC4(CO)C2C(O)C(O)C1C3O. The van der Waals surface area contributed by atoms with Crippen LogP contribution in [0.1, 0.15) is 39.5 Å². The zero-order valence-electron chi connectivity index (χ0n) is 15.4. The highest BCUT2D eigenvalue weighted by Crippen LogP contribution is 2.70. The number of hydrogen-bond acceptors (Lipinski definition) is 6. The third-order valence-corrected chi connectivity index (χ3v) is 8.52. The number of carbonyl (C=O) groups excluding carboxylic acids is 1. The van der Waals surface area contributed by atoms with Gasteiger partial charge in [0.25, 0.3) is 0 Å². The molecule has 6 heteroatoms. The second-order valence-corrected chi connectivity index (χ2v) is 9.75. The summed E-state index contributed by atoms with van der Waals surface area (Å²) in [7, 11) is 0. The van der Waals surface area contributed by atoms with Gasteiger partial charge in [0.15, 0.2) is 5.78 Å². The molecule has 146 valence electrons. The Balaban J connectivity index is 1.97. The predicted octanol–water partition coefficient (Wildman–Crippen LogP) is 0.01000. The first-order chi connectivity index (χ1) is 12.1. The lowest BCUT2D eigenvalue weighted by molar-refractivity contribution is -0.281. The summed E-state index contributed by atoms with van der Waals surface area (Å²) in [5.41, 5.74) is -2.53. The van der Waals surface area contributed by atoms with Crippen molar-refractivity contribution in [2.24, 2.45) is 34.0 Å². The molecule has 0 aromatic carbocycles. The maximum Gasteiger partial charge on any atom is 0.170 e. The standard InChI is InChI=1S/C20H30O6/c1-9-12-13(23)14(24)15-19(8-21)6-4-5-18(2,3)10(19)7-11(22)20(15,16(9)25)17(12)26/h10-15,17,21-24,26H,1,4-8H2,2-3H3. The third kappa shape index (κ3) is 1.78. The third-order valence-electron chi connectivity index (χ3n) is 8.52. The lowest BCUT2D eigenvalue weighted by Crippen LogP contribution is -2.73. The molecule has 0 amide bonds. The Bertz CT molecular complexity index is 659. The molecule has 4 rings (SSSR count). The molecule has 1 spiro atoms. The van der Waals surface area contributed by atoms with E-state index >= 15 is 0 Å². The van der Waals surface area contributed by atoms with Crippen LogP contribution in [0, 0.1) is 34.0 Å². The molecule has 0 aliphatic heterocycles. The van der Waals surface area contributed by atoms with Gasteiger partial charge in [0.2, 0.25) is 0 Å². The van der Waals surface area contributed by atoms with Crippen molar-refractivity contribution in [3.63, 3.8) is 0 Å². The highest BCUT2D eigenvalue weighted by atomic mass is 16.3. The average molecular weight is 366 g/mol. The summed E-state index contributed by atoms with van der Waals surface area (Å²) < 4.78 is 0. The molecule has 0 heterocycles. The topological polar surface area (TPSA) is 118 Å². The van der Waals surface area contributed by atoms with Gasteiger partial charge in [-0.1, -0.05) is 26.8 Å². The quantitative estimate of drug-likeness (QED) is 0.417. The zero-order chi connectivity index (χ0) is 19.2. The highest BCUT2D eigenvalue weighted by Gasteiger charge is 2.78. The van der Waals surface area contributed by atoms with Crippen molar-refractivity contribution < 1.29 is 30.3 Å². The van der Waals surface area contributed by atoms with Crippen molar-refractivity contribution in [3.8, 4) is 0 Å². The molecule has 4 fully saturated rings. The first-order valence-electron chi connectivity index (χ1n) is 9.64. The predicted molar refractivity (Wildman–Crippen MR) is 92.8 cm³/mol. The van der Waals surface area contributed by atoms with Gasteiger partial charge in [-0.2, -0.15) is 0 Å². The summed E-state index contributed by atoms with van der Waals surface area (Å²) in [6.07, 6.45) is -2.43. The van der Waals surface area contributed by atoms with E-state index in [0.717, 1.165) is 12.8 Å². The molecule has 26 heavy (non-hydrogen) atoms. The van der Waals surface area contributed by atoms with E-state index in [1.54, 1.807) is 0 Å². The van der Waals surface area contributed by atoms with Gasteiger partial charge in [-0.25, -0.2) is 0 Å². The molecule has 4 saturated carbocycles. The maximum absolute atomic E-state index is 13.2. The molecule has 5 N–H and O–H groups in total. The van der Waals surface area contributed by atoms with Crippen LogP contribution in [0.3, 0.4) is 0 Å². The van der Waals surface area contributed by atoms with Gasteiger partial charge in [0.05, 0.1) is 29.8 Å². The van der Waals surface area contributed by atoms with E-state index in [1.807, 2.05) is 0 Å². The van der Waals surface area contributed by atoms with E-state index in [9.17, 15) is 30.3 Å². The van der Waals surface area contributed by atoms with E-state index in [1.165, 1.54) is 0 Å². The lowest BCUT2D eigenvalue weighted by Gasteiger charge is -2.66. The van der Waals surface area contributed by atoms with Crippen molar-refractivity contribution in [2.75, 3.05) is 6.61 Å². The number of Topliss-reactive ketones (excluding diaryl/α,β-unsaturated/α-hetero) is 1. The molecular weight excluding hydrogens is 336 g/mol. The molecule has 0 radical (unpaired) electrons. The molecule has 0 saturated heterocycles. The van der Waals surface area contributed by atoms with E-state index in [0.29, 0.717) is 6.42 Å². The van der Waals surface area contributed by atoms with Gasteiger partial charge in [-0.05, 0) is 36.2 Å². The van der Waals surface area contributed by atoms with Crippen LogP contribution >= 0.6 is 0 Å². The van der Waals surface area contributed by atoms with Gasteiger partial charge in [0.1, 0.15) is 0 Å². The summed E-state index contributed by atoms with van der Waals surface area (Å²) in [5.74, 6) is -2.45. The van der Waals surface area contributed by atoms with E-state index in [2.05, 4.69) is 20.4 Å². The van der Waals surface area contributed by atoms with Gasteiger partial charge in [-0.15, -0.1) is 0 Å². The number of fused-ring (bicyclic) bond motifs is 3. The molecule has 6 nitrogen and oxygen atoms in total. The summed E-state index contributed by atoms with van der Waals surface area (Å²) in [4.78, 5) is 13.2. The zero-order valence-corrected chi connectivity index (χ0v) is 15.4. The fourth-order valence-electron chi connectivity index (χ4n) is 7.46. The number of aliphatic hydroxyl groups excluding tert-OH is 5. The van der Waals surface area contributed by atoms with Crippen LogP contribution in [0.15, 0.2) is 12.2 Å². The first kappa shape index (κ1) is 18.6. The fraction of sp³-hybridized carbons (Fsp3) is 0.850. The van der Waals surface area contributed by atoms with Gasteiger partial charge >= 0.3 is 0 Å². The van der Waals surface area contributed by atoms with Crippen molar-refractivity contribution in [2.45, 2.75) is 63.9 Å². The van der Waals surface area contributed by atoms with E-state index in [-0.39, 0.29) is 29.9 Å². The van der Waals surface area contributed by atoms with Crippen LogP contribution in [0.5, 0.6) is 0 Å². The Morgan fingerprint density at radius 1 is 1.12 bits per heavy atom. The number of carbonyl (C=O) groups is 1. The van der Waals surface area contributed by atoms with Crippen LogP contribution in [-0.4, -0.2) is 62.3 Å². The minimum Gasteiger partial charge on any atom is -0.396 e. The molecule has 4 aliphatic rings. The van der Waals surface area contributed by atoms with Crippen LogP contribution in [0.2, 0.25) is 0 Å². The van der Waals surface area contributed by atoms with Gasteiger partial charge in [-0.3, -0.25) is 4.79 Å². The van der Waals surface area contributed by atoms with Crippen LogP contribution in [-0.2, 0) is 4.79 Å². The monoisotopic (exact) mass is 366 g/mol. The molecule has 0 aromatic rings. The van der Waals surface area contributed by atoms with E-state index in [4.69, 9.17) is 0 Å². The molecule has 4 aliphatic carbocycles. The van der Waals surface area contributed by atoms with Crippen LogP contribution < -0.4 is 0 Å². The van der Waals surface area contributed by atoms with E-state index < -0.39 is 52.9 Å². The fourth-order valence-corrected chi connectivity index (χ4v) is 7.46. The smallest absolute Gasteiger partial charge is 0.170 e. The second-order valence-electron chi connectivity index (χ2n) is 9.75. The van der Waals surface area contributed by atoms with Crippen molar-refractivity contribution >= 4 is 5.78 Å². The average Bonchev–Trinajstić information content (AvgIpc) is 2.73. The van der Waals surface area contributed by atoms with Crippen LogP contribution in [0.25, 0.3) is 0 Å². The molecule has 2 bridgehead atoms. The number of rotatable bonds is 1. The largest absolute Gasteiger partial charge is 0.396 e. The van der Waals surface area contributed by atoms with Crippen molar-refractivity contribution in [1.82, 2.24) is 0 Å². The number of ketones is 1. The minimum atomic E-state index is -1.59. The van der Waals surface area contributed by atoms with Gasteiger partial charge in [0, 0.05) is 23.9 Å². The lowest BCUT2D eigenvalue weighted by atomic mass is 9.38. The number of hydrogen-bond donors (Lipinski definition) is 5. The summed E-state index contributed by atoms with van der Waals surface area (Å²) in [5, 5.41) is 54.4. The summed E-state index contributed by atoms with van der Waals surface area (Å²) >= 11 is 0. The molecule has 9 unspecified atom stereocenters. The highest BCUT2D eigenvalue weighted by molar-refractivity contribution is 6.04. The molecular formula is C20H30O6. The van der Waals surface area contributed by atoms with Crippen molar-refractivity contribution in [3.05, 3.63) is 12.2 Å². The minimum absolute atomic E-state index is 0.0761. The Hall–Kier alpha value is -0.790.